The lowest BCUT2D eigenvalue weighted by atomic mass is 10.2. The van der Waals surface area contributed by atoms with E-state index in [4.69, 9.17) is 4.74 Å². The first kappa shape index (κ1) is 17.0. The summed E-state index contributed by atoms with van der Waals surface area (Å²) in [4.78, 5) is 17.4. The lowest BCUT2D eigenvalue weighted by Gasteiger charge is -2.37. The van der Waals surface area contributed by atoms with Gasteiger partial charge in [0.15, 0.2) is 0 Å². The number of rotatable bonds is 1. The number of piperazine rings is 1. The van der Waals surface area contributed by atoms with Crippen LogP contribution in [0.15, 0.2) is 18.2 Å². The topological polar surface area (TPSA) is 32.8 Å². The Morgan fingerprint density at radius 3 is 2.50 bits per heavy atom. The fraction of sp³-hybridized carbons (Fsp3) is 0.500. The first-order chi connectivity index (χ1) is 11.2. The summed E-state index contributed by atoms with van der Waals surface area (Å²) >= 11 is 1.61. The maximum atomic E-state index is 13.4. The van der Waals surface area contributed by atoms with Gasteiger partial charge in [-0.1, -0.05) is 0 Å². The fourth-order valence-electron chi connectivity index (χ4n) is 3.01. The van der Waals surface area contributed by atoms with Crippen molar-refractivity contribution in [3.63, 3.8) is 0 Å². The quantitative estimate of drug-likeness (QED) is 0.764. The molecule has 0 atom stereocenters. The van der Waals surface area contributed by atoms with Crippen molar-refractivity contribution in [1.29, 1.82) is 0 Å². The minimum Gasteiger partial charge on any atom is -0.444 e. The highest BCUT2D eigenvalue weighted by Gasteiger charge is 2.27. The number of aryl methyl sites for hydroxylation is 1. The molecule has 0 N–H and O–H groups in total. The number of halogens is 1. The van der Waals surface area contributed by atoms with Crippen LogP contribution < -0.4 is 4.90 Å². The van der Waals surface area contributed by atoms with Crippen LogP contribution in [0.4, 0.5) is 14.9 Å². The molecule has 6 heteroatoms. The lowest BCUT2D eigenvalue weighted by Crippen LogP contribution is -2.50. The van der Waals surface area contributed by atoms with E-state index >= 15 is 0 Å². The van der Waals surface area contributed by atoms with Gasteiger partial charge >= 0.3 is 6.09 Å². The zero-order chi connectivity index (χ0) is 17.5. The molecule has 1 aromatic heterocycles. The van der Waals surface area contributed by atoms with Gasteiger partial charge in [-0.3, -0.25) is 0 Å². The van der Waals surface area contributed by atoms with Crippen LogP contribution in [0.5, 0.6) is 0 Å². The van der Waals surface area contributed by atoms with E-state index < -0.39 is 5.60 Å². The maximum Gasteiger partial charge on any atom is 0.410 e. The van der Waals surface area contributed by atoms with E-state index in [9.17, 15) is 9.18 Å². The summed E-state index contributed by atoms with van der Waals surface area (Å²) in [6.45, 7) is 10.5. The number of nitrogens with zero attached hydrogens (tertiary/aromatic N) is 2. The number of carbonyl (C=O) groups excluding carboxylic acids is 1. The van der Waals surface area contributed by atoms with Gasteiger partial charge in [0.1, 0.15) is 11.4 Å². The Balaban J connectivity index is 1.73. The van der Waals surface area contributed by atoms with Gasteiger partial charge in [0.25, 0.3) is 0 Å². The highest BCUT2D eigenvalue weighted by atomic mass is 32.1. The summed E-state index contributed by atoms with van der Waals surface area (Å²) in [7, 11) is 0. The summed E-state index contributed by atoms with van der Waals surface area (Å²) in [5.74, 6) is -0.204. The Morgan fingerprint density at radius 1 is 1.21 bits per heavy atom. The minimum absolute atomic E-state index is 0.204. The molecule has 0 radical (unpaired) electrons. The molecule has 1 fully saturated rings. The van der Waals surface area contributed by atoms with Gasteiger partial charge in [0, 0.05) is 41.1 Å². The molecule has 0 spiro atoms. The van der Waals surface area contributed by atoms with E-state index in [-0.39, 0.29) is 11.9 Å². The van der Waals surface area contributed by atoms with Gasteiger partial charge in [0.05, 0.1) is 5.69 Å². The summed E-state index contributed by atoms with van der Waals surface area (Å²) < 4.78 is 19.8. The van der Waals surface area contributed by atoms with Gasteiger partial charge in [0.2, 0.25) is 0 Å². The number of benzene rings is 1. The zero-order valence-corrected chi connectivity index (χ0v) is 15.4. The monoisotopic (exact) mass is 350 g/mol. The van der Waals surface area contributed by atoms with Crippen molar-refractivity contribution in [3.8, 4) is 0 Å². The number of amides is 1. The molecule has 3 rings (SSSR count). The predicted molar refractivity (Wildman–Crippen MR) is 96.5 cm³/mol. The van der Waals surface area contributed by atoms with E-state index in [1.165, 1.54) is 16.6 Å². The molecule has 0 saturated carbocycles. The van der Waals surface area contributed by atoms with Crippen molar-refractivity contribution in [2.45, 2.75) is 33.3 Å². The lowest BCUT2D eigenvalue weighted by molar-refractivity contribution is 0.0241. The molecule has 1 saturated heterocycles. The zero-order valence-electron chi connectivity index (χ0n) is 14.6. The second-order valence-electron chi connectivity index (χ2n) is 7.10. The SMILES string of the molecule is Cc1sc2cc(F)ccc2c1N1CCN(C(=O)OC(C)(C)C)CC1. The van der Waals surface area contributed by atoms with Crippen molar-refractivity contribution in [2.75, 3.05) is 31.1 Å². The van der Waals surface area contributed by atoms with Crippen molar-refractivity contribution < 1.29 is 13.9 Å². The van der Waals surface area contributed by atoms with Crippen molar-refractivity contribution in [3.05, 3.63) is 28.9 Å². The fourth-order valence-corrected chi connectivity index (χ4v) is 4.12. The van der Waals surface area contributed by atoms with Crippen LogP contribution in [0.1, 0.15) is 25.6 Å². The molecule has 130 valence electrons. The van der Waals surface area contributed by atoms with E-state index in [2.05, 4.69) is 11.8 Å². The van der Waals surface area contributed by atoms with Gasteiger partial charge in [-0.25, -0.2) is 9.18 Å². The minimum atomic E-state index is -0.474. The molecule has 4 nitrogen and oxygen atoms in total. The average molecular weight is 350 g/mol. The average Bonchev–Trinajstić information content (AvgIpc) is 2.80. The highest BCUT2D eigenvalue weighted by molar-refractivity contribution is 7.19. The maximum absolute atomic E-state index is 13.4. The molecule has 1 aliphatic rings. The molecule has 2 heterocycles. The van der Waals surface area contributed by atoms with Gasteiger partial charge in [-0.2, -0.15) is 0 Å². The molecule has 2 aromatic rings. The number of hydrogen-bond donors (Lipinski definition) is 0. The number of thiophene rings is 1. The summed E-state index contributed by atoms with van der Waals surface area (Å²) in [6, 6.07) is 4.95. The van der Waals surface area contributed by atoms with Crippen LogP contribution in [-0.2, 0) is 4.74 Å². The van der Waals surface area contributed by atoms with E-state index in [1.54, 1.807) is 22.3 Å². The molecule has 1 amide bonds. The Bertz CT molecular complexity index is 758. The van der Waals surface area contributed by atoms with Gasteiger partial charge in [-0.05, 0) is 45.9 Å². The Labute approximate surface area is 145 Å². The standard InChI is InChI=1S/C18H23FN2O2S/c1-12-16(14-6-5-13(19)11-15(14)24-12)20-7-9-21(10-8-20)17(22)23-18(2,3)4/h5-6,11H,7-10H2,1-4H3. The van der Waals surface area contributed by atoms with Crippen LogP contribution in [0.25, 0.3) is 10.1 Å². The smallest absolute Gasteiger partial charge is 0.410 e. The number of ether oxygens (including phenoxy) is 1. The molecular formula is C18H23FN2O2S. The number of carbonyl (C=O) groups is 1. The number of fused-ring (bicyclic) bond motifs is 1. The molecular weight excluding hydrogens is 327 g/mol. The Kier molecular flexibility index (Phi) is 4.42. The van der Waals surface area contributed by atoms with Crippen LogP contribution in [-0.4, -0.2) is 42.8 Å². The van der Waals surface area contributed by atoms with Crippen molar-refractivity contribution >= 4 is 33.2 Å². The second-order valence-corrected chi connectivity index (χ2v) is 8.36. The van der Waals surface area contributed by atoms with Crippen LogP contribution in [0.2, 0.25) is 0 Å². The molecule has 0 unspecified atom stereocenters. The van der Waals surface area contributed by atoms with Crippen molar-refractivity contribution in [1.82, 2.24) is 4.90 Å². The summed E-state index contributed by atoms with van der Waals surface area (Å²) in [5.41, 5.74) is 0.692. The van der Waals surface area contributed by atoms with Crippen molar-refractivity contribution in [2.24, 2.45) is 0 Å². The largest absolute Gasteiger partial charge is 0.444 e. The number of hydrogen-bond acceptors (Lipinski definition) is 4. The predicted octanol–water partition coefficient (Wildman–Crippen LogP) is 4.41. The third kappa shape index (κ3) is 3.48. The first-order valence-electron chi connectivity index (χ1n) is 8.16. The number of anilines is 1. The summed E-state index contributed by atoms with van der Waals surface area (Å²) in [6.07, 6.45) is -0.254. The van der Waals surface area contributed by atoms with Crippen LogP contribution >= 0.6 is 11.3 Å². The van der Waals surface area contributed by atoms with Crippen LogP contribution in [0, 0.1) is 12.7 Å². The second kappa shape index (κ2) is 6.24. The molecule has 1 aliphatic heterocycles. The highest BCUT2D eigenvalue weighted by Crippen LogP contribution is 2.38. The van der Waals surface area contributed by atoms with Gasteiger partial charge < -0.3 is 14.5 Å². The first-order valence-corrected chi connectivity index (χ1v) is 8.98. The molecule has 1 aromatic carbocycles. The van der Waals surface area contributed by atoms with E-state index in [1.807, 2.05) is 26.8 Å². The molecule has 24 heavy (non-hydrogen) atoms. The summed E-state index contributed by atoms with van der Waals surface area (Å²) in [5, 5.41) is 1.09. The third-order valence-electron chi connectivity index (χ3n) is 4.04. The molecule has 0 aliphatic carbocycles. The van der Waals surface area contributed by atoms with Gasteiger partial charge in [-0.15, -0.1) is 11.3 Å². The molecule has 0 bridgehead atoms. The normalized spacial score (nSPS) is 15.9. The van der Waals surface area contributed by atoms with Crippen LogP contribution in [0.3, 0.4) is 0 Å². The Morgan fingerprint density at radius 2 is 1.88 bits per heavy atom. The van der Waals surface area contributed by atoms with E-state index in [0.29, 0.717) is 13.1 Å². The Hall–Kier alpha value is -1.82. The third-order valence-corrected chi connectivity index (χ3v) is 5.10. The van der Waals surface area contributed by atoms with E-state index in [0.717, 1.165) is 23.2 Å².